The van der Waals surface area contributed by atoms with Gasteiger partial charge in [0.2, 0.25) is 5.82 Å². The van der Waals surface area contributed by atoms with Crippen molar-refractivity contribution in [1.82, 2.24) is 0 Å². The number of oxime groups is 1. The summed E-state index contributed by atoms with van der Waals surface area (Å²) >= 11 is 0. The lowest BCUT2D eigenvalue weighted by Crippen LogP contribution is -2.07. The van der Waals surface area contributed by atoms with Crippen LogP contribution in [-0.4, -0.2) is 6.21 Å². The summed E-state index contributed by atoms with van der Waals surface area (Å²) in [4.78, 5) is 4.33. The third-order valence-corrected chi connectivity index (χ3v) is 1.75. The van der Waals surface area contributed by atoms with E-state index in [2.05, 4.69) is 16.6 Å². The zero-order chi connectivity index (χ0) is 13.0. The maximum Gasteiger partial charge on any atom is 0.200 e. The fourth-order valence-electron chi connectivity index (χ4n) is 0.965. The molecule has 0 aromatic heterocycles. The highest BCUT2D eigenvalue weighted by atomic mass is 19.2. The third kappa shape index (κ3) is 2.61. The predicted octanol–water partition coefficient (Wildman–Crippen LogP) is 3.07. The van der Waals surface area contributed by atoms with Crippen LogP contribution in [0, 0.1) is 29.1 Å². The molecule has 0 aliphatic heterocycles. The van der Waals surface area contributed by atoms with E-state index in [9.17, 15) is 22.0 Å². The molecule has 0 fully saturated rings. The molecule has 0 aliphatic rings. The van der Waals surface area contributed by atoms with Gasteiger partial charge in [-0.1, -0.05) is 11.7 Å². The average Bonchev–Trinajstić information content (AvgIpc) is 2.33. The summed E-state index contributed by atoms with van der Waals surface area (Å²) in [6, 6.07) is 0. The van der Waals surface area contributed by atoms with Gasteiger partial charge in [-0.15, -0.1) is 0 Å². The number of allylic oxidation sites excluding steroid dienone is 1. The SMILES string of the molecule is C=C/C=N/OCc1c(F)c(F)c(F)c(F)c1F. The van der Waals surface area contributed by atoms with Crippen molar-refractivity contribution in [1.29, 1.82) is 0 Å². The first-order chi connectivity index (χ1) is 8.00. The number of rotatable bonds is 4. The standard InChI is InChI=1S/C10H6F5NO/c1-2-3-16-17-4-5-6(11)8(13)10(15)9(14)7(5)12/h2-3H,1,4H2/b16-3+. The molecule has 1 aromatic carbocycles. The molecule has 1 rings (SSSR count). The fraction of sp³-hybridized carbons (Fsp3) is 0.100. The Balaban J connectivity index is 3.07. The van der Waals surface area contributed by atoms with E-state index in [0.29, 0.717) is 0 Å². The van der Waals surface area contributed by atoms with Gasteiger partial charge in [-0.3, -0.25) is 0 Å². The normalized spacial score (nSPS) is 10.9. The number of nitrogens with zero attached hydrogens (tertiary/aromatic N) is 1. The highest BCUT2D eigenvalue weighted by Crippen LogP contribution is 2.23. The predicted molar refractivity (Wildman–Crippen MR) is 49.7 cm³/mol. The molecule has 0 N–H and O–H groups in total. The van der Waals surface area contributed by atoms with Gasteiger partial charge in [0, 0.05) is 0 Å². The largest absolute Gasteiger partial charge is 0.391 e. The summed E-state index contributed by atoms with van der Waals surface area (Å²) in [7, 11) is 0. The van der Waals surface area contributed by atoms with Crippen molar-refractivity contribution >= 4 is 6.21 Å². The number of hydrogen-bond donors (Lipinski definition) is 0. The van der Waals surface area contributed by atoms with E-state index >= 15 is 0 Å². The van der Waals surface area contributed by atoms with E-state index in [1.165, 1.54) is 6.08 Å². The van der Waals surface area contributed by atoms with E-state index < -0.39 is 41.3 Å². The molecule has 0 amide bonds. The van der Waals surface area contributed by atoms with Crippen LogP contribution in [0.5, 0.6) is 0 Å². The van der Waals surface area contributed by atoms with Crippen molar-refractivity contribution in [3.8, 4) is 0 Å². The molecule has 0 saturated heterocycles. The Morgan fingerprint density at radius 1 is 0.941 bits per heavy atom. The minimum Gasteiger partial charge on any atom is -0.391 e. The molecule has 0 bridgehead atoms. The van der Waals surface area contributed by atoms with Crippen LogP contribution in [0.4, 0.5) is 22.0 Å². The first-order valence-corrected chi connectivity index (χ1v) is 4.27. The summed E-state index contributed by atoms with van der Waals surface area (Å²) in [6.07, 6.45) is 2.25. The van der Waals surface area contributed by atoms with Gasteiger partial charge < -0.3 is 4.84 Å². The van der Waals surface area contributed by atoms with Crippen LogP contribution in [0.25, 0.3) is 0 Å². The highest BCUT2D eigenvalue weighted by molar-refractivity contribution is 5.69. The second kappa shape index (κ2) is 5.42. The molecule has 0 spiro atoms. The smallest absolute Gasteiger partial charge is 0.200 e. The van der Waals surface area contributed by atoms with E-state index in [-0.39, 0.29) is 0 Å². The molecule has 2 nitrogen and oxygen atoms in total. The molecule has 92 valence electrons. The Kier molecular flexibility index (Phi) is 4.19. The second-order valence-electron chi connectivity index (χ2n) is 2.81. The van der Waals surface area contributed by atoms with Gasteiger partial charge in [-0.05, 0) is 6.08 Å². The maximum atomic E-state index is 13.0. The first kappa shape index (κ1) is 13.1. The Morgan fingerprint density at radius 2 is 1.41 bits per heavy atom. The molecule has 0 heterocycles. The van der Waals surface area contributed by atoms with Crippen LogP contribution in [0.15, 0.2) is 17.8 Å². The van der Waals surface area contributed by atoms with Gasteiger partial charge >= 0.3 is 0 Å². The quantitative estimate of drug-likeness (QED) is 0.265. The lowest BCUT2D eigenvalue weighted by atomic mass is 10.2. The van der Waals surface area contributed by atoms with Gasteiger partial charge in [0.15, 0.2) is 23.3 Å². The molecular weight excluding hydrogens is 245 g/mol. The van der Waals surface area contributed by atoms with Gasteiger partial charge in [-0.2, -0.15) is 0 Å². The molecule has 0 saturated carbocycles. The Hall–Kier alpha value is -1.92. The van der Waals surface area contributed by atoms with Crippen LogP contribution in [0.3, 0.4) is 0 Å². The second-order valence-corrected chi connectivity index (χ2v) is 2.81. The van der Waals surface area contributed by atoms with Gasteiger partial charge in [0.1, 0.15) is 6.61 Å². The van der Waals surface area contributed by atoms with Gasteiger partial charge in [0.05, 0.1) is 11.8 Å². The number of hydrogen-bond acceptors (Lipinski definition) is 2. The van der Waals surface area contributed by atoms with Crippen molar-refractivity contribution in [2.75, 3.05) is 0 Å². The zero-order valence-corrected chi connectivity index (χ0v) is 8.31. The topological polar surface area (TPSA) is 21.6 Å². The molecule has 0 aliphatic carbocycles. The molecule has 7 heteroatoms. The maximum absolute atomic E-state index is 13.0. The Labute approximate surface area is 93.0 Å². The lowest BCUT2D eigenvalue weighted by molar-refractivity contribution is 0.124. The summed E-state index contributed by atoms with van der Waals surface area (Å²) in [5.41, 5.74) is -1.08. The first-order valence-electron chi connectivity index (χ1n) is 4.27. The summed E-state index contributed by atoms with van der Waals surface area (Å²) in [6.45, 7) is 2.35. The lowest BCUT2D eigenvalue weighted by Gasteiger charge is -2.06. The monoisotopic (exact) mass is 251 g/mol. The molecular formula is C10H6F5NO. The summed E-state index contributed by atoms with van der Waals surface area (Å²) in [5, 5.41) is 3.13. The van der Waals surface area contributed by atoms with Crippen LogP contribution < -0.4 is 0 Å². The van der Waals surface area contributed by atoms with Gasteiger partial charge in [-0.25, -0.2) is 22.0 Å². The van der Waals surface area contributed by atoms with Crippen LogP contribution in [0.1, 0.15) is 5.56 Å². The Bertz CT molecular complexity index is 443. The molecule has 0 atom stereocenters. The van der Waals surface area contributed by atoms with Crippen LogP contribution >= 0.6 is 0 Å². The number of benzene rings is 1. The van der Waals surface area contributed by atoms with Crippen LogP contribution in [0.2, 0.25) is 0 Å². The van der Waals surface area contributed by atoms with Crippen molar-refractivity contribution < 1.29 is 26.8 Å². The molecule has 0 radical (unpaired) electrons. The molecule has 17 heavy (non-hydrogen) atoms. The molecule has 0 unspecified atom stereocenters. The summed E-state index contributed by atoms with van der Waals surface area (Å²) < 4.78 is 64.1. The third-order valence-electron chi connectivity index (χ3n) is 1.75. The van der Waals surface area contributed by atoms with E-state index in [1.807, 2.05) is 0 Å². The average molecular weight is 251 g/mol. The summed E-state index contributed by atoms with van der Waals surface area (Å²) in [5.74, 6) is -10.1. The zero-order valence-electron chi connectivity index (χ0n) is 8.31. The molecule has 1 aromatic rings. The highest BCUT2D eigenvalue weighted by Gasteiger charge is 2.25. The van der Waals surface area contributed by atoms with E-state index in [0.717, 1.165) is 6.21 Å². The van der Waals surface area contributed by atoms with Gasteiger partial charge in [0.25, 0.3) is 0 Å². The van der Waals surface area contributed by atoms with Crippen molar-refractivity contribution in [2.24, 2.45) is 5.16 Å². The van der Waals surface area contributed by atoms with Crippen molar-refractivity contribution in [3.63, 3.8) is 0 Å². The van der Waals surface area contributed by atoms with Crippen LogP contribution in [-0.2, 0) is 11.4 Å². The van der Waals surface area contributed by atoms with E-state index in [1.54, 1.807) is 0 Å². The number of halogens is 5. The fourth-order valence-corrected chi connectivity index (χ4v) is 0.965. The minimum absolute atomic E-state index is 0.879. The Morgan fingerprint density at radius 3 is 1.88 bits per heavy atom. The minimum atomic E-state index is -2.21. The van der Waals surface area contributed by atoms with Crippen molar-refractivity contribution in [2.45, 2.75) is 6.61 Å². The van der Waals surface area contributed by atoms with Crippen molar-refractivity contribution in [3.05, 3.63) is 47.3 Å². The van der Waals surface area contributed by atoms with E-state index in [4.69, 9.17) is 0 Å².